The van der Waals surface area contributed by atoms with Crippen molar-refractivity contribution in [3.63, 3.8) is 0 Å². The molecule has 4 heteroatoms. The molecule has 0 fully saturated rings. The average molecular weight is 252 g/mol. The molecule has 3 nitrogen and oxygen atoms in total. The number of nitrogens with zero attached hydrogens (tertiary/aromatic N) is 1. The van der Waals surface area contributed by atoms with Gasteiger partial charge in [-0.15, -0.1) is 0 Å². The summed E-state index contributed by atoms with van der Waals surface area (Å²) in [6.45, 7) is 2.65. The van der Waals surface area contributed by atoms with Crippen molar-refractivity contribution in [2.75, 3.05) is 27.3 Å². The van der Waals surface area contributed by atoms with Gasteiger partial charge in [0.25, 0.3) is 0 Å². The van der Waals surface area contributed by atoms with Gasteiger partial charge in [0.05, 0.1) is 0 Å². The van der Waals surface area contributed by atoms with Crippen molar-refractivity contribution in [1.29, 1.82) is 0 Å². The van der Waals surface area contributed by atoms with Gasteiger partial charge in [-0.05, 0) is 19.0 Å². The molecular weight excluding hydrogens is 232 g/mol. The molecule has 17 heavy (non-hydrogen) atoms. The van der Waals surface area contributed by atoms with Crippen LogP contribution in [0.1, 0.15) is 17.5 Å². The maximum atomic E-state index is 5.70. The van der Waals surface area contributed by atoms with Crippen LogP contribution >= 0.6 is 12.2 Å². The van der Waals surface area contributed by atoms with Crippen molar-refractivity contribution in [3.8, 4) is 0 Å². The molecule has 0 spiro atoms. The van der Waals surface area contributed by atoms with Crippen LogP contribution < -0.4 is 5.73 Å². The highest BCUT2D eigenvalue weighted by molar-refractivity contribution is 7.80. The largest absolute Gasteiger partial charge is 0.389 e. The van der Waals surface area contributed by atoms with Crippen molar-refractivity contribution in [2.24, 2.45) is 5.73 Å². The molecule has 0 unspecified atom stereocenters. The Kier molecular flexibility index (Phi) is 6.11. The van der Waals surface area contributed by atoms with Crippen molar-refractivity contribution in [1.82, 2.24) is 4.90 Å². The summed E-state index contributed by atoms with van der Waals surface area (Å²) in [5.41, 5.74) is 7.86. The number of nitrogens with two attached hydrogens (primary N) is 1. The lowest BCUT2D eigenvalue weighted by molar-refractivity contribution is 0.178. The number of methoxy groups -OCH3 is 1. The van der Waals surface area contributed by atoms with Crippen molar-refractivity contribution in [3.05, 3.63) is 35.4 Å². The number of rotatable bonds is 7. The first-order valence-electron chi connectivity index (χ1n) is 5.70. The van der Waals surface area contributed by atoms with Crippen LogP contribution in [0, 0.1) is 0 Å². The van der Waals surface area contributed by atoms with Gasteiger partial charge in [0.2, 0.25) is 0 Å². The van der Waals surface area contributed by atoms with Gasteiger partial charge in [-0.1, -0.05) is 36.5 Å². The smallest absolute Gasteiger partial charge is 0.104 e. The van der Waals surface area contributed by atoms with E-state index in [2.05, 4.69) is 18.0 Å². The van der Waals surface area contributed by atoms with Gasteiger partial charge in [-0.25, -0.2) is 0 Å². The summed E-state index contributed by atoms with van der Waals surface area (Å²) in [5.74, 6) is 0. The SMILES string of the molecule is COCCCN(C)Cc1ccccc1C(N)=S. The van der Waals surface area contributed by atoms with Crippen LogP contribution in [-0.2, 0) is 11.3 Å². The van der Waals surface area contributed by atoms with Crippen molar-refractivity contribution in [2.45, 2.75) is 13.0 Å². The lowest BCUT2D eigenvalue weighted by atomic mass is 10.1. The first kappa shape index (κ1) is 14.1. The summed E-state index contributed by atoms with van der Waals surface area (Å²) >= 11 is 5.05. The molecule has 0 saturated heterocycles. The Morgan fingerprint density at radius 3 is 2.76 bits per heavy atom. The molecule has 1 aromatic rings. The second-order valence-corrected chi connectivity index (χ2v) is 4.55. The van der Waals surface area contributed by atoms with Gasteiger partial charge >= 0.3 is 0 Å². The molecule has 0 bridgehead atoms. The number of benzene rings is 1. The molecule has 0 atom stereocenters. The topological polar surface area (TPSA) is 38.5 Å². The Morgan fingerprint density at radius 2 is 2.12 bits per heavy atom. The van der Waals surface area contributed by atoms with E-state index < -0.39 is 0 Å². The van der Waals surface area contributed by atoms with Crippen LogP contribution in [-0.4, -0.2) is 37.2 Å². The van der Waals surface area contributed by atoms with E-state index in [-0.39, 0.29) is 0 Å². The quantitative estimate of drug-likeness (QED) is 0.593. The fourth-order valence-corrected chi connectivity index (χ4v) is 1.95. The van der Waals surface area contributed by atoms with Crippen molar-refractivity contribution < 1.29 is 4.74 Å². The maximum Gasteiger partial charge on any atom is 0.104 e. The standard InChI is InChI=1S/C13H20N2OS/c1-15(8-5-9-16-2)10-11-6-3-4-7-12(11)13(14)17/h3-4,6-7H,5,8-10H2,1-2H3,(H2,14,17). The van der Waals surface area contributed by atoms with Crippen LogP contribution in [0.15, 0.2) is 24.3 Å². The first-order chi connectivity index (χ1) is 8.15. The summed E-state index contributed by atoms with van der Waals surface area (Å²) in [4.78, 5) is 2.71. The van der Waals surface area contributed by atoms with E-state index in [1.807, 2.05) is 18.2 Å². The van der Waals surface area contributed by atoms with Crippen LogP contribution in [0.5, 0.6) is 0 Å². The van der Waals surface area contributed by atoms with Gasteiger partial charge in [-0.2, -0.15) is 0 Å². The molecule has 0 amide bonds. The highest BCUT2D eigenvalue weighted by atomic mass is 32.1. The Labute approximate surface area is 109 Å². The monoisotopic (exact) mass is 252 g/mol. The molecule has 0 aliphatic rings. The molecule has 0 aliphatic carbocycles. The molecule has 0 heterocycles. The van der Waals surface area contributed by atoms with Crippen LogP contribution in [0.25, 0.3) is 0 Å². The van der Waals surface area contributed by atoms with Gasteiger partial charge in [0.15, 0.2) is 0 Å². The molecule has 0 saturated carbocycles. The molecule has 0 radical (unpaired) electrons. The first-order valence-corrected chi connectivity index (χ1v) is 6.11. The van der Waals surface area contributed by atoms with Gasteiger partial charge in [-0.3, -0.25) is 0 Å². The van der Waals surface area contributed by atoms with E-state index in [0.717, 1.165) is 31.7 Å². The molecule has 2 N–H and O–H groups in total. The average Bonchev–Trinajstić information content (AvgIpc) is 2.29. The second kappa shape index (κ2) is 7.37. The predicted molar refractivity (Wildman–Crippen MR) is 75.2 cm³/mol. The predicted octanol–water partition coefficient (Wildman–Crippen LogP) is 1.79. The minimum Gasteiger partial charge on any atom is -0.389 e. The lowest BCUT2D eigenvalue weighted by Crippen LogP contribution is -2.22. The molecule has 1 rings (SSSR count). The summed E-state index contributed by atoms with van der Waals surface area (Å²) in [6.07, 6.45) is 1.03. The Hall–Kier alpha value is -0.970. The Bertz CT molecular complexity index is 368. The maximum absolute atomic E-state index is 5.70. The summed E-state index contributed by atoms with van der Waals surface area (Å²) in [7, 11) is 3.81. The van der Waals surface area contributed by atoms with E-state index in [9.17, 15) is 0 Å². The summed E-state index contributed by atoms with van der Waals surface area (Å²) in [6, 6.07) is 8.02. The van der Waals surface area contributed by atoms with Gasteiger partial charge in [0, 0.05) is 32.4 Å². The van der Waals surface area contributed by atoms with E-state index >= 15 is 0 Å². The third-order valence-electron chi connectivity index (χ3n) is 2.61. The van der Waals surface area contributed by atoms with Crippen molar-refractivity contribution >= 4 is 17.2 Å². The number of hydrogen-bond acceptors (Lipinski definition) is 3. The zero-order chi connectivity index (χ0) is 12.7. The molecule has 1 aromatic carbocycles. The minimum atomic E-state index is 0.464. The number of hydrogen-bond donors (Lipinski definition) is 1. The van der Waals surface area contributed by atoms with E-state index in [4.69, 9.17) is 22.7 Å². The molecule has 94 valence electrons. The lowest BCUT2D eigenvalue weighted by Gasteiger charge is -2.18. The zero-order valence-corrected chi connectivity index (χ0v) is 11.3. The van der Waals surface area contributed by atoms with E-state index in [0.29, 0.717) is 4.99 Å². The minimum absolute atomic E-state index is 0.464. The van der Waals surface area contributed by atoms with Crippen LogP contribution in [0.4, 0.5) is 0 Å². The highest BCUT2D eigenvalue weighted by Crippen LogP contribution is 2.11. The van der Waals surface area contributed by atoms with E-state index in [1.165, 1.54) is 5.56 Å². The molecule has 0 aliphatic heterocycles. The Balaban J connectivity index is 2.58. The van der Waals surface area contributed by atoms with Gasteiger partial charge < -0.3 is 15.4 Å². The van der Waals surface area contributed by atoms with Crippen LogP contribution in [0.2, 0.25) is 0 Å². The number of thiocarbonyl (C=S) groups is 1. The number of ether oxygens (including phenoxy) is 1. The van der Waals surface area contributed by atoms with Gasteiger partial charge in [0.1, 0.15) is 4.99 Å². The molecular formula is C13H20N2OS. The third kappa shape index (κ3) is 4.81. The second-order valence-electron chi connectivity index (χ2n) is 4.11. The van der Waals surface area contributed by atoms with E-state index in [1.54, 1.807) is 7.11 Å². The summed E-state index contributed by atoms with van der Waals surface area (Å²) in [5, 5.41) is 0. The Morgan fingerprint density at radius 1 is 1.41 bits per heavy atom. The zero-order valence-electron chi connectivity index (χ0n) is 10.5. The van der Waals surface area contributed by atoms with Crippen LogP contribution in [0.3, 0.4) is 0 Å². The normalized spacial score (nSPS) is 10.8. The third-order valence-corrected chi connectivity index (χ3v) is 2.83. The fraction of sp³-hybridized carbons (Fsp3) is 0.462. The fourth-order valence-electron chi connectivity index (χ4n) is 1.75. The highest BCUT2D eigenvalue weighted by Gasteiger charge is 2.06. The molecule has 0 aromatic heterocycles. The summed E-state index contributed by atoms with van der Waals surface area (Å²) < 4.78 is 5.04.